The standard InChI is InChI=1S/C11H24N2OS/c1-5-11(3)9-13(7-6-12-11)10(2)8-15(4)14/h10,12H,5-9H2,1-4H3. The summed E-state index contributed by atoms with van der Waals surface area (Å²) < 4.78 is 11.2. The maximum Gasteiger partial charge on any atom is 0.0385 e. The van der Waals surface area contributed by atoms with E-state index in [2.05, 4.69) is 31.0 Å². The summed E-state index contributed by atoms with van der Waals surface area (Å²) in [5.74, 6) is 0.791. The van der Waals surface area contributed by atoms with Crippen molar-refractivity contribution in [2.45, 2.75) is 38.8 Å². The van der Waals surface area contributed by atoms with E-state index in [1.807, 2.05) is 0 Å². The third-order valence-electron chi connectivity index (χ3n) is 3.38. The van der Waals surface area contributed by atoms with E-state index >= 15 is 0 Å². The summed E-state index contributed by atoms with van der Waals surface area (Å²) in [5, 5.41) is 3.57. The van der Waals surface area contributed by atoms with Gasteiger partial charge in [0.15, 0.2) is 0 Å². The molecule has 0 aromatic heterocycles. The van der Waals surface area contributed by atoms with Crippen molar-refractivity contribution in [1.82, 2.24) is 10.2 Å². The fourth-order valence-electron chi connectivity index (χ4n) is 2.14. The summed E-state index contributed by atoms with van der Waals surface area (Å²) >= 11 is 0. The van der Waals surface area contributed by atoms with E-state index in [0.29, 0.717) is 6.04 Å². The molecule has 1 fully saturated rings. The molecule has 1 rings (SSSR count). The molecule has 90 valence electrons. The molecule has 0 amide bonds. The second-order valence-corrected chi connectivity index (χ2v) is 6.38. The maximum atomic E-state index is 11.2. The normalized spacial score (nSPS) is 32.5. The summed E-state index contributed by atoms with van der Waals surface area (Å²) in [6.07, 6.45) is 2.93. The highest BCUT2D eigenvalue weighted by atomic mass is 32.2. The second-order valence-electron chi connectivity index (χ2n) is 4.90. The van der Waals surface area contributed by atoms with Crippen LogP contribution in [0.25, 0.3) is 0 Å². The molecular formula is C11H24N2OS. The van der Waals surface area contributed by atoms with Gasteiger partial charge in [-0.25, -0.2) is 0 Å². The Balaban J connectivity index is 2.52. The largest absolute Gasteiger partial charge is 0.309 e. The predicted molar refractivity (Wildman–Crippen MR) is 66.7 cm³/mol. The minimum atomic E-state index is -0.686. The first-order valence-corrected chi connectivity index (χ1v) is 7.48. The van der Waals surface area contributed by atoms with Crippen LogP contribution in [0, 0.1) is 0 Å². The van der Waals surface area contributed by atoms with Gasteiger partial charge in [0.2, 0.25) is 0 Å². The highest BCUT2D eigenvalue weighted by Gasteiger charge is 2.30. The van der Waals surface area contributed by atoms with Crippen LogP contribution in [-0.2, 0) is 10.8 Å². The van der Waals surface area contributed by atoms with Crippen LogP contribution in [0.1, 0.15) is 27.2 Å². The number of rotatable bonds is 4. The molecule has 1 heterocycles. The molecule has 0 aromatic rings. The van der Waals surface area contributed by atoms with Crippen LogP contribution >= 0.6 is 0 Å². The fraction of sp³-hybridized carbons (Fsp3) is 1.00. The Labute approximate surface area is 96.1 Å². The first kappa shape index (κ1) is 13.1. The van der Waals surface area contributed by atoms with Gasteiger partial charge in [0.05, 0.1) is 0 Å². The van der Waals surface area contributed by atoms with E-state index in [1.165, 1.54) is 0 Å². The van der Waals surface area contributed by atoms with Crippen molar-refractivity contribution in [3.63, 3.8) is 0 Å². The minimum absolute atomic E-state index is 0.238. The maximum absolute atomic E-state index is 11.2. The van der Waals surface area contributed by atoms with Crippen LogP contribution in [0.2, 0.25) is 0 Å². The number of nitrogens with one attached hydrogen (secondary N) is 1. The third-order valence-corrected chi connectivity index (χ3v) is 4.33. The van der Waals surface area contributed by atoms with E-state index in [9.17, 15) is 4.21 Å². The molecule has 0 aliphatic carbocycles. The molecule has 0 saturated carbocycles. The van der Waals surface area contributed by atoms with Crippen LogP contribution in [0.3, 0.4) is 0 Å². The van der Waals surface area contributed by atoms with Crippen LogP contribution < -0.4 is 5.32 Å². The number of hydrogen-bond donors (Lipinski definition) is 1. The van der Waals surface area contributed by atoms with Crippen molar-refractivity contribution in [2.75, 3.05) is 31.6 Å². The lowest BCUT2D eigenvalue weighted by atomic mass is 9.95. The Morgan fingerprint density at radius 3 is 2.80 bits per heavy atom. The predicted octanol–water partition coefficient (Wildman–Crippen LogP) is 0.827. The molecule has 1 aliphatic heterocycles. The lowest BCUT2D eigenvalue weighted by Crippen LogP contribution is -2.60. The number of piperazine rings is 1. The van der Waals surface area contributed by atoms with E-state index in [4.69, 9.17) is 0 Å². The van der Waals surface area contributed by atoms with E-state index in [1.54, 1.807) is 6.26 Å². The van der Waals surface area contributed by atoms with Crippen LogP contribution in [0.15, 0.2) is 0 Å². The molecule has 1 saturated heterocycles. The molecule has 0 spiro atoms. The molecule has 4 heteroatoms. The fourth-order valence-corrected chi connectivity index (χ4v) is 3.03. The first-order chi connectivity index (χ1) is 6.97. The Morgan fingerprint density at radius 1 is 1.60 bits per heavy atom. The molecule has 1 aliphatic rings. The average molecular weight is 232 g/mol. The van der Waals surface area contributed by atoms with Gasteiger partial charge in [-0.2, -0.15) is 0 Å². The van der Waals surface area contributed by atoms with Crippen LogP contribution in [0.5, 0.6) is 0 Å². The molecule has 3 unspecified atom stereocenters. The van der Waals surface area contributed by atoms with E-state index < -0.39 is 10.8 Å². The van der Waals surface area contributed by atoms with Gasteiger partial charge in [-0.05, 0) is 20.3 Å². The summed E-state index contributed by atoms with van der Waals surface area (Å²) in [7, 11) is -0.686. The SMILES string of the molecule is CCC1(C)CN(C(C)CS(C)=O)CCN1. The smallest absolute Gasteiger partial charge is 0.0385 e. The van der Waals surface area contributed by atoms with Crippen molar-refractivity contribution < 1.29 is 4.21 Å². The zero-order valence-electron chi connectivity index (χ0n) is 10.4. The average Bonchev–Trinajstić information content (AvgIpc) is 2.17. The molecule has 0 bridgehead atoms. The zero-order chi connectivity index (χ0) is 11.5. The van der Waals surface area contributed by atoms with Crippen molar-refractivity contribution in [3.05, 3.63) is 0 Å². The lowest BCUT2D eigenvalue weighted by Gasteiger charge is -2.43. The Bertz CT molecular complexity index is 235. The zero-order valence-corrected chi connectivity index (χ0v) is 11.2. The van der Waals surface area contributed by atoms with Gasteiger partial charge >= 0.3 is 0 Å². The Hall–Kier alpha value is 0.0700. The van der Waals surface area contributed by atoms with Gasteiger partial charge in [-0.3, -0.25) is 9.11 Å². The van der Waals surface area contributed by atoms with Gasteiger partial charge in [0, 0.05) is 54.0 Å². The van der Waals surface area contributed by atoms with Gasteiger partial charge < -0.3 is 5.32 Å². The van der Waals surface area contributed by atoms with E-state index in [0.717, 1.165) is 31.8 Å². The highest BCUT2D eigenvalue weighted by molar-refractivity contribution is 7.84. The van der Waals surface area contributed by atoms with Gasteiger partial charge in [0.25, 0.3) is 0 Å². The van der Waals surface area contributed by atoms with Crippen molar-refractivity contribution in [3.8, 4) is 0 Å². The summed E-state index contributed by atoms with van der Waals surface area (Å²) in [4.78, 5) is 2.46. The minimum Gasteiger partial charge on any atom is -0.309 e. The Kier molecular flexibility index (Phi) is 4.74. The molecule has 1 N–H and O–H groups in total. The first-order valence-electron chi connectivity index (χ1n) is 5.76. The molecule has 0 radical (unpaired) electrons. The lowest BCUT2D eigenvalue weighted by molar-refractivity contribution is 0.113. The molecule has 3 nitrogen and oxygen atoms in total. The molecule has 3 atom stereocenters. The molecular weight excluding hydrogens is 208 g/mol. The summed E-state index contributed by atoms with van der Waals surface area (Å²) in [6.45, 7) is 9.87. The van der Waals surface area contributed by atoms with Gasteiger partial charge in [-0.15, -0.1) is 0 Å². The highest BCUT2D eigenvalue weighted by Crippen LogP contribution is 2.17. The molecule has 15 heavy (non-hydrogen) atoms. The summed E-state index contributed by atoms with van der Waals surface area (Å²) in [5.41, 5.74) is 0.238. The van der Waals surface area contributed by atoms with Gasteiger partial charge in [-0.1, -0.05) is 6.92 Å². The van der Waals surface area contributed by atoms with Crippen molar-refractivity contribution >= 4 is 10.8 Å². The van der Waals surface area contributed by atoms with Crippen molar-refractivity contribution in [2.24, 2.45) is 0 Å². The number of hydrogen-bond acceptors (Lipinski definition) is 3. The van der Waals surface area contributed by atoms with Gasteiger partial charge in [0.1, 0.15) is 0 Å². The second kappa shape index (κ2) is 5.41. The monoisotopic (exact) mass is 232 g/mol. The van der Waals surface area contributed by atoms with Crippen LogP contribution in [0.4, 0.5) is 0 Å². The molecule has 0 aromatic carbocycles. The van der Waals surface area contributed by atoms with Crippen LogP contribution in [-0.4, -0.2) is 52.3 Å². The number of nitrogens with zero attached hydrogens (tertiary/aromatic N) is 1. The van der Waals surface area contributed by atoms with Crippen molar-refractivity contribution in [1.29, 1.82) is 0 Å². The topological polar surface area (TPSA) is 32.3 Å². The summed E-state index contributed by atoms with van der Waals surface area (Å²) in [6, 6.07) is 0.434. The van der Waals surface area contributed by atoms with E-state index in [-0.39, 0.29) is 5.54 Å². The Morgan fingerprint density at radius 2 is 2.27 bits per heavy atom. The quantitative estimate of drug-likeness (QED) is 0.779. The third kappa shape index (κ3) is 3.85.